The highest BCUT2D eigenvalue weighted by Gasteiger charge is 2.21. The maximum Gasteiger partial charge on any atom is 0.384 e. The van der Waals surface area contributed by atoms with E-state index in [0.717, 1.165) is 6.92 Å². The van der Waals surface area contributed by atoms with Gasteiger partial charge in [0.05, 0.1) is 0 Å². The van der Waals surface area contributed by atoms with Gasteiger partial charge in [-0.25, -0.2) is 4.79 Å². The van der Waals surface area contributed by atoms with Gasteiger partial charge in [0.15, 0.2) is 0 Å². The first kappa shape index (κ1) is 7.52. The Morgan fingerprint density at radius 1 is 1.56 bits per heavy atom. The number of hydrogen-bond donors (Lipinski definition) is 1. The van der Waals surface area contributed by atoms with Crippen molar-refractivity contribution in [3.63, 3.8) is 0 Å². The number of carbonyl (C=O) groups excluding carboxylic acids is 1. The zero-order valence-corrected chi connectivity index (χ0v) is 4.66. The number of ketones is 1. The fraction of sp³-hybridized carbons (Fsp3) is 0.250. The standard InChI is InChI=1S/C4H4N2O3/c1-2(6-5)3(7)4(8)9/h1H3,(H,8,9). The summed E-state index contributed by atoms with van der Waals surface area (Å²) in [7, 11) is 0. The Morgan fingerprint density at radius 3 is 2.11 bits per heavy atom. The fourth-order valence-corrected chi connectivity index (χ4v) is 0.200. The summed E-state index contributed by atoms with van der Waals surface area (Å²) in [5, 5.41) is 7.94. The van der Waals surface area contributed by atoms with Crippen molar-refractivity contribution in [1.29, 1.82) is 0 Å². The smallest absolute Gasteiger partial charge is 0.384 e. The van der Waals surface area contributed by atoms with Gasteiger partial charge in [-0.2, -0.15) is 4.79 Å². The van der Waals surface area contributed by atoms with Gasteiger partial charge in [0, 0.05) is 6.92 Å². The number of carboxylic acid groups (broad SMARTS) is 1. The molecule has 0 bridgehead atoms. The van der Waals surface area contributed by atoms with Crippen LogP contribution in [0.25, 0.3) is 5.53 Å². The zero-order valence-electron chi connectivity index (χ0n) is 4.66. The lowest BCUT2D eigenvalue weighted by atomic mass is 10.3. The van der Waals surface area contributed by atoms with Crippen LogP contribution in [-0.4, -0.2) is 27.4 Å². The van der Waals surface area contributed by atoms with Gasteiger partial charge in [-0.15, -0.1) is 0 Å². The molecule has 0 aliphatic rings. The highest BCUT2D eigenvalue weighted by atomic mass is 16.4. The van der Waals surface area contributed by atoms with E-state index in [1.807, 2.05) is 0 Å². The van der Waals surface area contributed by atoms with Gasteiger partial charge in [-0.05, 0) is 0 Å². The summed E-state index contributed by atoms with van der Waals surface area (Å²) < 4.78 is 0. The molecule has 0 radical (unpaired) electrons. The zero-order chi connectivity index (χ0) is 7.44. The molecule has 0 aliphatic carbocycles. The van der Waals surface area contributed by atoms with Crippen LogP contribution in [0.3, 0.4) is 0 Å². The molecular weight excluding hydrogens is 124 g/mol. The van der Waals surface area contributed by atoms with Crippen LogP contribution in [0.2, 0.25) is 0 Å². The second-order valence-electron chi connectivity index (χ2n) is 1.32. The molecule has 0 aliphatic heterocycles. The van der Waals surface area contributed by atoms with Crippen molar-refractivity contribution in [2.24, 2.45) is 0 Å². The Morgan fingerprint density at radius 2 is 2.00 bits per heavy atom. The topological polar surface area (TPSA) is 90.8 Å². The van der Waals surface area contributed by atoms with Crippen LogP contribution in [0.5, 0.6) is 0 Å². The second-order valence-corrected chi connectivity index (χ2v) is 1.32. The van der Waals surface area contributed by atoms with E-state index < -0.39 is 17.5 Å². The summed E-state index contributed by atoms with van der Waals surface area (Å²) in [6, 6.07) is 0. The van der Waals surface area contributed by atoms with E-state index >= 15 is 0 Å². The number of aliphatic carboxylic acids is 1. The molecule has 0 unspecified atom stereocenters. The third-order valence-corrected chi connectivity index (χ3v) is 0.673. The molecule has 5 nitrogen and oxygen atoms in total. The summed E-state index contributed by atoms with van der Waals surface area (Å²) in [5.74, 6) is -2.82. The Labute approximate surface area is 50.5 Å². The van der Waals surface area contributed by atoms with Crippen molar-refractivity contribution in [1.82, 2.24) is 0 Å². The molecule has 5 heteroatoms. The minimum absolute atomic E-state index is 0.428. The van der Waals surface area contributed by atoms with Crippen LogP contribution in [0.1, 0.15) is 6.92 Å². The van der Waals surface area contributed by atoms with Crippen LogP contribution in [-0.2, 0) is 9.59 Å². The van der Waals surface area contributed by atoms with Gasteiger partial charge in [0.25, 0.3) is 0 Å². The van der Waals surface area contributed by atoms with E-state index in [0.29, 0.717) is 0 Å². The molecule has 0 spiro atoms. The van der Waals surface area contributed by atoms with Crippen molar-refractivity contribution in [2.45, 2.75) is 6.92 Å². The largest absolute Gasteiger partial charge is 0.475 e. The van der Waals surface area contributed by atoms with E-state index in [1.54, 1.807) is 0 Å². The third-order valence-electron chi connectivity index (χ3n) is 0.673. The molecule has 1 N–H and O–H groups in total. The van der Waals surface area contributed by atoms with Gasteiger partial charge in [0.1, 0.15) is 0 Å². The summed E-state index contributed by atoms with van der Waals surface area (Å²) in [6.45, 7) is 1.11. The maximum atomic E-state index is 10.2. The number of rotatable bonds is 2. The Bertz CT molecular complexity index is 202. The number of carboxylic acids is 1. The van der Waals surface area contributed by atoms with Crippen molar-refractivity contribution in [3.8, 4) is 0 Å². The molecule has 0 aromatic heterocycles. The van der Waals surface area contributed by atoms with Crippen LogP contribution < -0.4 is 0 Å². The average molecular weight is 128 g/mol. The lowest BCUT2D eigenvalue weighted by Gasteiger charge is -1.78. The summed E-state index contributed by atoms with van der Waals surface area (Å²) >= 11 is 0. The minimum atomic E-state index is -1.62. The molecule has 0 heterocycles. The van der Waals surface area contributed by atoms with Crippen LogP contribution in [0.15, 0.2) is 0 Å². The normalized spacial score (nSPS) is 7.67. The monoisotopic (exact) mass is 128 g/mol. The van der Waals surface area contributed by atoms with E-state index in [1.165, 1.54) is 0 Å². The van der Waals surface area contributed by atoms with E-state index in [9.17, 15) is 9.59 Å². The molecule has 48 valence electrons. The molecule has 0 aromatic rings. The SMILES string of the molecule is CC(=[N+]=[N-])C(=O)C(=O)O. The van der Waals surface area contributed by atoms with Gasteiger partial charge in [0.2, 0.25) is 0 Å². The first-order valence-corrected chi connectivity index (χ1v) is 2.06. The summed E-state index contributed by atoms with van der Waals surface area (Å²) in [4.78, 5) is 22.3. The van der Waals surface area contributed by atoms with Gasteiger partial charge >= 0.3 is 17.5 Å². The van der Waals surface area contributed by atoms with Crippen molar-refractivity contribution >= 4 is 17.5 Å². The molecule has 0 fully saturated rings. The highest BCUT2D eigenvalue weighted by Crippen LogP contribution is 1.73. The van der Waals surface area contributed by atoms with E-state index in [4.69, 9.17) is 10.6 Å². The third kappa shape index (κ3) is 1.84. The highest BCUT2D eigenvalue weighted by molar-refractivity contribution is 6.61. The first-order chi connectivity index (χ1) is 4.09. The van der Waals surface area contributed by atoms with Gasteiger partial charge in [-0.3, -0.25) is 4.79 Å². The molecule has 0 atom stereocenters. The summed E-state index contributed by atoms with van der Waals surface area (Å²) in [6.07, 6.45) is 0. The van der Waals surface area contributed by atoms with E-state index in [2.05, 4.69) is 4.79 Å². The average Bonchev–Trinajstić information content (AvgIpc) is 1.84. The second kappa shape index (κ2) is 2.74. The van der Waals surface area contributed by atoms with Crippen molar-refractivity contribution in [3.05, 3.63) is 5.53 Å². The fourth-order valence-electron chi connectivity index (χ4n) is 0.200. The number of nitrogens with zero attached hydrogens (tertiary/aromatic N) is 2. The van der Waals surface area contributed by atoms with Crippen LogP contribution in [0.4, 0.5) is 0 Å². The predicted molar refractivity (Wildman–Crippen MR) is 26.9 cm³/mol. The molecule has 0 aromatic carbocycles. The van der Waals surface area contributed by atoms with Crippen LogP contribution >= 0.6 is 0 Å². The number of Topliss-reactive ketones (excluding diaryl/α,β-unsaturated/α-hetero) is 1. The molecule has 0 rings (SSSR count). The molecule has 0 amide bonds. The van der Waals surface area contributed by atoms with Crippen molar-refractivity contribution < 1.29 is 19.5 Å². The molecular formula is C4H4N2O3. The van der Waals surface area contributed by atoms with Gasteiger partial charge < -0.3 is 10.6 Å². The lowest BCUT2D eigenvalue weighted by molar-refractivity contribution is -0.147. The summed E-state index contributed by atoms with van der Waals surface area (Å²) in [5.41, 5.74) is 7.43. The Hall–Kier alpha value is -1.48. The van der Waals surface area contributed by atoms with E-state index in [-0.39, 0.29) is 0 Å². The van der Waals surface area contributed by atoms with Gasteiger partial charge in [-0.1, -0.05) is 0 Å². The molecule has 0 saturated heterocycles. The van der Waals surface area contributed by atoms with Crippen molar-refractivity contribution in [2.75, 3.05) is 0 Å². The first-order valence-electron chi connectivity index (χ1n) is 2.06. The Balaban J connectivity index is 4.42. The quantitative estimate of drug-likeness (QED) is 0.231. The molecule has 9 heavy (non-hydrogen) atoms. The van der Waals surface area contributed by atoms with Crippen LogP contribution in [0, 0.1) is 0 Å². The maximum absolute atomic E-state index is 10.2. The predicted octanol–water partition coefficient (Wildman–Crippen LogP) is -0.669. The number of carbonyl (C=O) groups is 2. The molecule has 0 saturated carbocycles. The Kier molecular flexibility index (Phi) is 2.29. The lowest BCUT2D eigenvalue weighted by Crippen LogP contribution is -2.21. The minimum Gasteiger partial charge on any atom is -0.475 e. The number of hydrogen-bond acceptors (Lipinski definition) is 2.